The van der Waals surface area contributed by atoms with Gasteiger partial charge in [-0.15, -0.1) is 0 Å². The van der Waals surface area contributed by atoms with E-state index in [-0.39, 0.29) is 5.91 Å². The molecule has 0 saturated carbocycles. The Morgan fingerprint density at radius 1 is 1.17 bits per heavy atom. The van der Waals surface area contributed by atoms with Crippen LogP contribution in [-0.4, -0.2) is 38.6 Å². The van der Waals surface area contributed by atoms with Crippen molar-refractivity contribution >= 4 is 33.2 Å². The number of hydrogen-bond acceptors (Lipinski definition) is 2. The Bertz CT molecular complexity index is 697. The van der Waals surface area contributed by atoms with Gasteiger partial charge < -0.3 is 15.1 Å². The van der Waals surface area contributed by atoms with Gasteiger partial charge in [-0.05, 0) is 52.7 Å². The van der Waals surface area contributed by atoms with Crippen LogP contribution in [-0.2, 0) is 4.79 Å². The molecule has 3 rings (SSSR count). The van der Waals surface area contributed by atoms with Crippen molar-refractivity contribution < 1.29 is 9.69 Å². The molecule has 1 saturated heterocycles. The van der Waals surface area contributed by atoms with Gasteiger partial charge in [0, 0.05) is 10.2 Å². The number of amides is 1. The molecule has 1 fully saturated rings. The summed E-state index contributed by atoms with van der Waals surface area (Å²) in [6.07, 6.45) is 0. The van der Waals surface area contributed by atoms with Gasteiger partial charge in [-0.2, -0.15) is 0 Å². The minimum atomic E-state index is 0.0720. The molecule has 2 aromatic rings. The quantitative estimate of drug-likeness (QED) is 0.841. The third kappa shape index (κ3) is 4.36. The van der Waals surface area contributed by atoms with Gasteiger partial charge in [-0.25, -0.2) is 0 Å². The van der Waals surface area contributed by atoms with Crippen LogP contribution in [0.2, 0.25) is 0 Å². The molecule has 126 valence electrons. The van der Waals surface area contributed by atoms with Gasteiger partial charge in [0.25, 0.3) is 5.91 Å². The first-order valence-electron chi connectivity index (χ1n) is 8.31. The highest BCUT2D eigenvalue weighted by atomic mass is 79.9. The average Bonchev–Trinajstić information content (AvgIpc) is 2.59. The van der Waals surface area contributed by atoms with E-state index in [1.807, 2.05) is 31.2 Å². The van der Waals surface area contributed by atoms with E-state index in [1.165, 1.54) is 16.2 Å². The van der Waals surface area contributed by atoms with E-state index in [9.17, 15) is 4.79 Å². The van der Waals surface area contributed by atoms with Crippen molar-refractivity contribution in [2.24, 2.45) is 0 Å². The fourth-order valence-corrected chi connectivity index (χ4v) is 3.63. The minimum absolute atomic E-state index is 0.0720. The molecule has 4 nitrogen and oxygen atoms in total. The Balaban J connectivity index is 1.50. The number of nitrogens with one attached hydrogen (secondary N) is 2. The number of carbonyl (C=O) groups excluding carboxylic acids is 1. The summed E-state index contributed by atoms with van der Waals surface area (Å²) in [5.41, 5.74) is 3.28. The van der Waals surface area contributed by atoms with Gasteiger partial charge in [0.15, 0.2) is 6.54 Å². The molecule has 0 atom stereocenters. The SMILES string of the molecule is Cc1ccc(NC(=O)C[NH+]2CCN(c3ccccc3)CC2)c(Br)c1. The third-order valence-electron chi connectivity index (χ3n) is 4.40. The van der Waals surface area contributed by atoms with Gasteiger partial charge in [0.1, 0.15) is 0 Å². The molecule has 2 aromatic carbocycles. The molecule has 24 heavy (non-hydrogen) atoms. The zero-order valence-corrected chi connectivity index (χ0v) is 15.5. The Kier molecular flexibility index (Phi) is 5.53. The maximum absolute atomic E-state index is 12.3. The zero-order chi connectivity index (χ0) is 16.9. The fraction of sp³-hybridized carbons (Fsp3) is 0.316. The van der Waals surface area contributed by atoms with Gasteiger partial charge in [-0.3, -0.25) is 4.79 Å². The first kappa shape index (κ1) is 17.0. The lowest BCUT2D eigenvalue weighted by atomic mass is 10.2. The molecule has 1 aliphatic rings. The third-order valence-corrected chi connectivity index (χ3v) is 5.06. The first-order valence-corrected chi connectivity index (χ1v) is 9.11. The topological polar surface area (TPSA) is 36.8 Å². The number of carbonyl (C=O) groups is 1. The lowest BCUT2D eigenvalue weighted by molar-refractivity contribution is -0.892. The van der Waals surface area contributed by atoms with Crippen molar-refractivity contribution in [1.29, 1.82) is 0 Å². The molecule has 2 N–H and O–H groups in total. The summed E-state index contributed by atoms with van der Waals surface area (Å²) in [5, 5.41) is 3.01. The standard InChI is InChI=1S/C19H22BrN3O/c1-15-7-8-18(17(20)13-15)21-19(24)14-22-9-11-23(12-10-22)16-5-3-2-4-6-16/h2-8,13H,9-12,14H2,1H3,(H,21,24)/p+1. The second-order valence-electron chi connectivity index (χ2n) is 6.28. The molecule has 5 heteroatoms. The summed E-state index contributed by atoms with van der Waals surface area (Å²) >= 11 is 3.51. The molecule has 0 bridgehead atoms. The molecule has 1 amide bonds. The van der Waals surface area contributed by atoms with Gasteiger partial charge in [0.05, 0.1) is 31.9 Å². The first-order chi connectivity index (χ1) is 11.6. The van der Waals surface area contributed by atoms with Crippen LogP contribution in [0.25, 0.3) is 0 Å². The second-order valence-corrected chi connectivity index (χ2v) is 7.14. The largest absolute Gasteiger partial charge is 0.360 e. The van der Waals surface area contributed by atoms with Crippen LogP contribution in [0.5, 0.6) is 0 Å². The maximum atomic E-state index is 12.3. The normalized spacial score (nSPS) is 15.3. The summed E-state index contributed by atoms with van der Waals surface area (Å²) in [6, 6.07) is 16.4. The summed E-state index contributed by atoms with van der Waals surface area (Å²) in [7, 11) is 0. The van der Waals surface area contributed by atoms with Crippen molar-refractivity contribution in [2.75, 3.05) is 42.9 Å². The molecule has 1 aliphatic heterocycles. The van der Waals surface area contributed by atoms with Crippen molar-refractivity contribution in [1.82, 2.24) is 0 Å². The second kappa shape index (κ2) is 7.81. The van der Waals surface area contributed by atoms with Crippen molar-refractivity contribution in [2.45, 2.75) is 6.92 Å². The van der Waals surface area contributed by atoms with Gasteiger partial charge >= 0.3 is 0 Å². The average molecular weight is 389 g/mol. The van der Waals surface area contributed by atoms with Crippen LogP contribution in [0.1, 0.15) is 5.56 Å². The number of nitrogens with zero attached hydrogens (tertiary/aromatic N) is 1. The van der Waals surface area contributed by atoms with Crippen LogP contribution >= 0.6 is 15.9 Å². The van der Waals surface area contributed by atoms with E-state index in [1.54, 1.807) is 0 Å². The highest BCUT2D eigenvalue weighted by molar-refractivity contribution is 9.10. The Labute approximate surface area is 151 Å². The minimum Gasteiger partial charge on any atom is -0.360 e. The molecule has 0 unspecified atom stereocenters. The van der Waals surface area contributed by atoms with E-state index in [0.29, 0.717) is 6.54 Å². The van der Waals surface area contributed by atoms with Crippen LogP contribution in [0.4, 0.5) is 11.4 Å². The van der Waals surface area contributed by atoms with Crippen molar-refractivity contribution in [3.05, 3.63) is 58.6 Å². The van der Waals surface area contributed by atoms with E-state index in [0.717, 1.165) is 36.3 Å². The summed E-state index contributed by atoms with van der Waals surface area (Å²) < 4.78 is 0.930. The van der Waals surface area contributed by atoms with E-state index in [2.05, 4.69) is 50.4 Å². The Morgan fingerprint density at radius 2 is 1.88 bits per heavy atom. The van der Waals surface area contributed by atoms with Crippen molar-refractivity contribution in [3.63, 3.8) is 0 Å². The number of rotatable bonds is 4. The molecule has 0 spiro atoms. The molecular formula is C19H23BrN3O+. The number of para-hydroxylation sites is 1. The number of halogens is 1. The van der Waals surface area contributed by atoms with Gasteiger partial charge in [-0.1, -0.05) is 24.3 Å². The lowest BCUT2D eigenvalue weighted by Gasteiger charge is -2.33. The zero-order valence-electron chi connectivity index (χ0n) is 13.9. The monoisotopic (exact) mass is 388 g/mol. The summed E-state index contributed by atoms with van der Waals surface area (Å²) in [6.45, 7) is 6.49. The highest BCUT2D eigenvalue weighted by Crippen LogP contribution is 2.23. The molecule has 0 aliphatic carbocycles. The van der Waals surface area contributed by atoms with Crippen LogP contribution in [0, 0.1) is 6.92 Å². The number of hydrogen-bond donors (Lipinski definition) is 2. The van der Waals surface area contributed by atoms with Crippen LogP contribution in [0.3, 0.4) is 0 Å². The van der Waals surface area contributed by atoms with E-state index >= 15 is 0 Å². The lowest BCUT2D eigenvalue weighted by Crippen LogP contribution is -3.15. The van der Waals surface area contributed by atoms with Crippen LogP contribution < -0.4 is 15.1 Å². The van der Waals surface area contributed by atoms with E-state index in [4.69, 9.17) is 0 Å². The van der Waals surface area contributed by atoms with E-state index < -0.39 is 0 Å². The van der Waals surface area contributed by atoms with Gasteiger partial charge in [0.2, 0.25) is 0 Å². The summed E-state index contributed by atoms with van der Waals surface area (Å²) in [4.78, 5) is 16.0. The number of quaternary nitrogens is 1. The number of piperazine rings is 1. The van der Waals surface area contributed by atoms with Crippen LogP contribution in [0.15, 0.2) is 53.0 Å². The maximum Gasteiger partial charge on any atom is 0.279 e. The summed E-state index contributed by atoms with van der Waals surface area (Å²) in [5.74, 6) is 0.0720. The molecule has 0 radical (unpaired) electrons. The highest BCUT2D eigenvalue weighted by Gasteiger charge is 2.22. The number of aryl methyl sites for hydroxylation is 1. The number of benzene rings is 2. The predicted molar refractivity (Wildman–Crippen MR) is 102 cm³/mol. The number of anilines is 2. The van der Waals surface area contributed by atoms with Crippen molar-refractivity contribution in [3.8, 4) is 0 Å². The molecule has 1 heterocycles. The molecular weight excluding hydrogens is 366 g/mol. The fourth-order valence-electron chi connectivity index (χ4n) is 3.04. The Morgan fingerprint density at radius 3 is 2.54 bits per heavy atom. The smallest absolute Gasteiger partial charge is 0.279 e. The predicted octanol–water partition coefficient (Wildman–Crippen LogP) is 2.10. The Hall–Kier alpha value is -1.85. The molecule has 0 aromatic heterocycles.